The number of carboxylic acids is 1. The number of aromatic nitrogens is 1. The zero-order valence-corrected chi connectivity index (χ0v) is 6.00. The fraction of sp³-hybridized carbons (Fsp3) is 0.333. The van der Waals surface area contributed by atoms with Gasteiger partial charge < -0.3 is 15.3 Å². The third-order valence-electron chi connectivity index (χ3n) is 1.22. The first-order valence-electron chi connectivity index (χ1n) is 3.03. The van der Waals surface area contributed by atoms with Crippen LogP contribution in [0.3, 0.4) is 0 Å². The number of oxazole rings is 1. The summed E-state index contributed by atoms with van der Waals surface area (Å²) in [5.41, 5.74) is 5.72. The second-order valence-corrected chi connectivity index (χ2v) is 2.13. The van der Waals surface area contributed by atoms with Crippen molar-refractivity contribution >= 4 is 12.0 Å². The van der Waals surface area contributed by atoms with E-state index in [0.29, 0.717) is 11.5 Å². The summed E-state index contributed by atoms with van der Waals surface area (Å²) >= 11 is 0. The van der Waals surface area contributed by atoms with Crippen molar-refractivity contribution < 1.29 is 14.3 Å². The third-order valence-corrected chi connectivity index (χ3v) is 1.22. The summed E-state index contributed by atoms with van der Waals surface area (Å²) in [5.74, 6) is -0.640. The zero-order valence-electron chi connectivity index (χ0n) is 6.00. The average molecular weight is 156 g/mol. The smallest absolute Gasteiger partial charge is 0.311 e. The van der Waals surface area contributed by atoms with Gasteiger partial charge in [-0.05, 0) is 6.92 Å². The molecule has 0 aliphatic heterocycles. The first-order valence-corrected chi connectivity index (χ1v) is 3.03. The zero-order chi connectivity index (χ0) is 8.43. The van der Waals surface area contributed by atoms with E-state index in [0.717, 1.165) is 0 Å². The summed E-state index contributed by atoms with van der Waals surface area (Å²) in [6, 6.07) is 0.0127. The first kappa shape index (κ1) is 7.59. The number of nitrogen functional groups attached to an aromatic ring is 1. The van der Waals surface area contributed by atoms with Gasteiger partial charge in [-0.15, -0.1) is 0 Å². The number of rotatable bonds is 2. The molecule has 1 aromatic rings. The Labute approximate surface area is 62.8 Å². The van der Waals surface area contributed by atoms with Gasteiger partial charge in [-0.1, -0.05) is 0 Å². The maximum absolute atomic E-state index is 10.2. The molecule has 0 saturated heterocycles. The number of carboxylic acid groups (broad SMARTS) is 1. The first-order chi connectivity index (χ1) is 5.09. The maximum atomic E-state index is 10.2. The Balaban J connectivity index is 2.85. The van der Waals surface area contributed by atoms with Crippen molar-refractivity contribution in [3.05, 3.63) is 11.5 Å². The summed E-state index contributed by atoms with van der Waals surface area (Å²) < 4.78 is 4.81. The van der Waals surface area contributed by atoms with E-state index in [1.807, 2.05) is 0 Å². The lowest BCUT2D eigenvalue weighted by Gasteiger charge is -1.88. The number of nitrogens with two attached hydrogens (primary N) is 1. The van der Waals surface area contributed by atoms with Crippen LogP contribution in [-0.4, -0.2) is 16.1 Å². The molecule has 0 aliphatic rings. The molecule has 0 bridgehead atoms. The summed E-state index contributed by atoms with van der Waals surface area (Å²) in [6.07, 6.45) is -0.171. The minimum absolute atomic E-state index is 0.0127. The molecule has 1 aromatic heterocycles. The quantitative estimate of drug-likeness (QED) is 0.638. The fourth-order valence-electron chi connectivity index (χ4n) is 0.752. The normalized spacial score (nSPS) is 9.91. The molecule has 0 unspecified atom stereocenters. The summed E-state index contributed by atoms with van der Waals surface area (Å²) in [7, 11) is 0. The van der Waals surface area contributed by atoms with Gasteiger partial charge in [0.15, 0.2) is 0 Å². The second-order valence-electron chi connectivity index (χ2n) is 2.13. The monoisotopic (exact) mass is 156 g/mol. The molecule has 3 N–H and O–H groups in total. The maximum Gasteiger partial charge on any atom is 0.311 e. The molecule has 0 saturated carbocycles. The van der Waals surface area contributed by atoms with Crippen LogP contribution in [0.2, 0.25) is 0 Å². The van der Waals surface area contributed by atoms with Crippen molar-refractivity contribution in [2.24, 2.45) is 0 Å². The molecule has 0 spiro atoms. The van der Waals surface area contributed by atoms with Gasteiger partial charge in [0.1, 0.15) is 12.2 Å². The Hall–Kier alpha value is -1.52. The van der Waals surface area contributed by atoms with E-state index >= 15 is 0 Å². The lowest BCUT2D eigenvalue weighted by molar-refractivity contribution is -0.136. The summed E-state index contributed by atoms with van der Waals surface area (Å²) in [5, 5.41) is 8.37. The number of aryl methyl sites for hydroxylation is 1. The van der Waals surface area contributed by atoms with Gasteiger partial charge in [-0.2, -0.15) is 4.98 Å². The highest BCUT2D eigenvalue weighted by atomic mass is 16.4. The molecule has 60 valence electrons. The number of carbonyl (C=O) groups is 1. The molecule has 5 heteroatoms. The molecule has 0 aliphatic carbocycles. The van der Waals surface area contributed by atoms with Gasteiger partial charge in [0.25, 0.3) is 6.01 Å². The van der Waals surface area contributed by atoms with Crippen molar-refractivity contribution in [3.63, 3.8) is 0 Å². The van der Waals surface area contributed by atoms with Crippen LogP contribution in [0.1, 0.15) is 11.5 Å². The Morgan fingerprint density at radius 2 is 2.45 bits per heavy atom. The molecule has 5 nitrogen and oxygen atoms in total. The third kappa shape index (κ3) is 1.70. The van der Waals surface area contributed by atoms with E-state index in [9.17, 15) is 4.79 Å². The van der Waals surface area contributed by atoms with Crippen LogP contribution < -0.4 is 5.73 Å². The predicted molar refractivity (Wildman–Crippen MR) is 37.0 cm³/mol. The molecular weight excluding hydrogens is 148 g/mol. The van der Waals surface area contributed by atoms with Crippen molar-refractivity contribution in [2.75, 3.05) is 5.73 Å². The van der Waals surface area contributed by atoms with Gasteiger partial charge in [0.2, 0.25) is 0 Å². The van der Waals surface area contributed by atoms with Crippen molar-refractivity contribution in [1.82, 2.24) is 4.98 Å². The van der Waals surface area contributed by atoms with Crippen LogP contribution in [-0.2, 0) is 11.2 Å². The Kier molecular flexibility index (Phi) is 1.80. The fourth-order valence-corrected chi connectivity index (χ4v) is 0.752. The molecule has 0 atom stereocenters. The van der Waals surface area contributed by atoms with Crippen LogP contribution >= 0.6 is 0 Å². The SMILES string of the molecule is Cc1nc(N)oc1CC(=O)O. The van der Waals surface area contributed by atoms with Crippen LogP contribution in [0.4, 0.5) is 6.01 Å². The summed E-state index contributed by atoms with van der Waals surface area (Å²) in [6.45, 7) is 1.65. The van der Waals surface area contributed by atoms with E-state index in [4.69, 9.17) is 15.3 Å². The molecule has 0 amide bonds. The van der Waals surface area contributed by atoms with Gasteiger partial charge in [0.05, 0.1) is 5.69 Å². The largest absolute Gasteiger partial charge is 0.481 e. The molecule has 0 aromatic carbocycles. The van der Waals surface area contributed by atoms with Crippen molar-refractivity contribution in [2.45, 2.75) is 13.3 Å². The molecule has 0 fully saturated rings. The molecule has 1 rings (SSSR count). The topological polar surface area (TPSA) is 89.4 Å². The van der Waals surface area contributed by atoms with Crippen LogP contribution in [0.5, 0.6) is 0 Å². The predicted octanol–water partition coefficient (Wildman–Crippen LogP) is 0.192. The Morgan fingerprint density at radius 3 is 2.82 bits per heavy atom. The average Bonchev–Trinajstić information content (AvgIpc) is 2.09. The van der Waals surface area contributed by atoms with Gasteiger partial charge in [0, 0.05) is 0 Å². The van der Waals surface area contributed by atoms with Gasteiger partial charge in [-0.3, -0.25) is 4.79 Å². The van der Waals surface area contributed by atoms with Crippen LogP contribution in [0, 0.1) is 6.92 Å². The minimum Gasteiger partial charge on any atom is -0.481 e. The van der Waals surface area contributed by atoms with Gasteiger partial charge in [-0.25, -0.2) is 0 Å². The number of nitrogens with zero attached hydrogens (tertiary/aromatic N) is 1. The Morgan fingerprint density at radius 1 is 1.82 bits per heavy atom. The van der Waals surface area contributed by atoms with E-state index in [2.05, 4.69) is 4.98 Å². The molecule has 1 heterocycles. The van der Waals surface area contributed by atoms with Gasteiger partial charge >= 0.3 is 5.97 Å². The lowest BCUT2D eigenvalue weighted by atomic mass is 10.3. The second kappa shape index (κ2) is 2.61. The number of hydrogen-bond acceptors (Lipinski definition) is 4. The van der Waals surface area contributed by atoms with Crippen molar-refractivity contribution in [3.8, 4) is 0 Å². The van der Waals surface area contributed by atoms with Crippen LogP contribution in [0.15, 0.2) is 4.42 Å². The van der Waals surface area contributed by atoms with E-state index in [1.54, 1.807) is 6.92 Å². The Bertz CT molecular complexity index is 279. The molecular formula is C6H8N2O3. The summed E-state index contributed by atoms with van der Waals surface area (Å²) in [4.78, 5) is 13.9. The molecule has 11 heavy (non-hydrogen) atoms. The number of anilines is 1. The van der Waals surface area contributed by atoms with Crippen LogP contribution in [0.25, 0.3) is 0 Å². The van der Waals surface area contributed by atoms with E-state index in [1.165, 1.54) is 0 Å². The molecule has 0 radical (unpaired) electrons. The minimum atomic E-state index is -0.954. The standard InChI is InChI=1S/C6H8N2O3/c1-3-4(2-5(9)10)11-6(7)8-3/h2H2,1H3,(H2,7,8)(H,9,10). The van der Waals surface area contributed by atoms with E-state index < -0.39 is 5.97 Å². The van der Waals surface area contributed by atoms with E-state index in [-0.39, 0.29) is 12.4 Å². The number of hydrogen-bond donors (Lipinski definition) is 2. The highest BCUT2D eigenvalue weighted by Crippen LogP contribution is 2.11. The van der Waals surface area contributed by atoms with Crippen molar-refractivity contribution in [1.29, 1.82) is 0 Å². The number of aliphatic carboxylic acids is 1. The highest BCUT2D eigenvalue weighted by Gasteiger charge is 2.10. The highest BCUT2D eigenvalue weighted by molar-refractivity contribution is 5.69. The lowest BCUT2D eigenvalue weighted by Crippen LogP contribution is -1.99.